The van der Waals surface area contributed by atoms with Crippen LogP contribution in [0.4, 0.5) is 0 Å². The van der Waals surface area contributed by atoms with Crippen LogP contribution in [0.25, 0.3) is 21.8 Å². The van der Waals surface area contributed by atoms with Crippen molar-refractivity contribution < 1.29 is 19.2 Å². The molecule has 0 radical (unpaired) electrons. The molecular weight excluding hydrogens is 552 g/mol. The lowest BCUT2D eigenvalue weighted by molar-refractivity contribution is -0.127. The van der Waals surface area contributed by atoms with E-state index in [1.54, 1.807) is 9.80 Å². The van der Waals surface area contributed by atoms with Crippen LogP contribution in [0, 0.1) is 0 Å². The van der Waals surface area contributed by atoms with Gasteiger partial charge in [0.15, 0.2) is 0 Å². The normalized spacial score (nSPS) is 15.6. The Balaban J connectivity index is 1.05. The van der Waals surface area contributed by atoms with E-state index < -0.39 is 11.6 Å². The minimum absolute atomic E-state index is 0.383. The summed E-state index contributed by atoms with van der Waals surface area (Å²) in [6.07, 6.45) is 13.7. The Morgan fingerprint density at radius 3 is 1.30 bits per heavy atom. The number of aryl methyl sites for hydroxylation is 2. The molecule has 8 nitrogen and oxygen atoms in total. The fraction of sp³-hybridized carbons (Fsp3) is 0.444. The highest BCUT2D eigenvalue weighted by Crippen LogP contribution is 2.26. The standard InChI is InChI=1S/C36H42N4O4/c41-33(35(43)37-19-11-3-12-20-37)29-25-39(31-17-7-5-15-27(29)31)23-9-1-2-10-24-40-26-30(28-16-6-8-18-32(28)40)34(42)36(44)38-21-13-4-14-22-38/h5-8,15-18,25-26H,1-4,9-14,19-24H2. The summed E-state index contributed by atoms with van der Waals surface area (Å²) in [5, 5.41) is 1.68. The van der Waals surface area contributed by atoms with E-state index in [1.165, 1.54) is 0 Å². The second-order valence-corrected chi connectivity index (χ2v) is 12.3. The second kappa shape index (κ2) is 13.6. The van der Waals surface area contributed by atoms with Crippen molar-refractivity contribution in [2.45, 2.75) is 77.3 Å². The van der Waals surface area contributed by atoms with Gasteiger partial charge in [0.2, 0.25) is 0 Å². The number of carbonyl (C=O) groups is 4. The first-order valence-electron chi connectivity index (χ1n) is 16.4. The van der Waals surface area contributed by atoms with E-state index in [0.29, 0.717) is 37.3 Å². The van der Waals surface area contributed by atoms with Crippen molar-refractivity contribution in [2.24, 2.45) is 0 Å². The van der Waals surface area contributed by atoms with E-state index in [-0.39, 0.29) is 11.8 Å². The van der Waals surface area contributed by atoms with Gasteiger partial charge in [-0.1, -0.05) is 49.2 Å². The maximum Gasteiger partial charge on any atom is 0.295 e. The largest absolute Gasteiger partial charge is 0.347 e. The number of rotatable bonds is 11. The quantitative estimate of drug-likeness (QED) is 0.117. The number of para-hydroxylation sites is 2. The lowest BCUT2D eigenvalue weighted by Gasteiger charge is -2.25. The predicted molar refractivity (Wildman–Crippen MR) is 172 cm³/mol. The summed E-state index contributed by atoms with van der Waals surface area (Å²) in [7, 11) is 0. The maximum absolute atomic E-state index is 13.2. The van der Waals surface area contributed by atoms with Crippen molar-refractivity contribution in [2.75, 3.05) is 26.2 Å². The number of unbranched alkanes of at least 4 members (excludes halogenated alkanes) is 3. The van der Waals surface area contributed by atoms with E-state index >= 15 is 0 Å². The molecule has 2 aliphatic rings. The zero-order valence-electron chi connectivity index (χ0n) is 25.5. The third-order valence-electron chi connectivity index (χ3n) is 9.29. The summed E-state index contributed by atoms with van der Waals surface area (Å²) < 4.78 is 4.23. The van der Waals surface area contributed by atoms with Gasteiger partial charge in [0.05, 0.1) is 11.1 Å². The number of likely N-dealkylation sites (tertiary alicyclic amines) is 2. The predicted octanol–water partition coefficient (Wildman–Crippen LogP) is 6.25. The molecule has 0 saturated carbocycles. The monoisotopic (exact) mass is 594 g/mol. The Bertz CT molecular complexity index is 1550. The average molecular weight is 595 g/mol. The number of hydrogen-bond acceptors (Lipinski definition) is 4. The Morgan fingerprint density at radius 2 is 0.886 bits per heavy atom. The molecule has 8 heteroatoms. The Labute approximate surface area is 258 Å². The van der Waals surface area contributed by atoms with Gasteiger partial charge in [-0.25, -0.2) is 0 Å². The van der Waals surface area contributed by atoms with E-state index in [9.17, 15) is 19.2 Å². The van der Waals surface area contributed by atoms with Crippen molar-refractivity contribution in [3.8, 4) is 0 Å². The summed E-state index contributed by atoms with van der Waals surface area (Å²) in [6, 6.07) is 15.7. The third-order valence-corrected chi connectivity index (χ3v) is 9.29. The van der Waals surface area contributed by atoms with Crippen LogP contribution in [-0.4, -0.2) is 68.5 Å². The van der Waals surface area contributed by atoms with Crippen LogP contribution in [0.3, 0.4) is 0 Å². The lowest BCUT2D eigenvalue weighted by Crippen LogP contribution is -2.40. The molecule has 2 aromatic heterocycles. The summed E-state index contributed by atoms with van der Waals surface area (Å²) in [4.78, 5) is 55.8. The molecule has 2 amide bonds. The molecule has 2 saturated heterocycles. The van der Waals surface area contributed by atoms with Gasteiger partial charge < -0.3 is 18.9 Å². The highest BCUT2D eigenvalue weighted by Gasteiger charge is 2.28. The van der Waals surface area contributed by atoms with Gasteiger partial charge in [0.25, 0.3) is 23.4 Å². The zero-order chi connectivity index (χ0) is 30.5. The second-order valence-electron chi connectivity index (χ2n) is 12.3. The lowest BCUT2D eigenvalue weighted by atomic mass is 10.1. The van der Waals surface area contributed by atoms with Gasteiger partial charge in [0.1, 0.15) is 0 Å². The van der Waals surface area contributed by atoms with Crippen LogP contribution >= 0.6 is 0 Å². The average Bonchev–Trinajstić information content (AvgIpc) is 3.64. The van der Waals surface area contributed by atoms with Crippen LogP contribution in [0.1, 0.15) is 84.9 Å². The number of hydrogen-bond donors (Lipinski definition) is 0. The van der Waals surface area contributed by atoms with Crippen LogP contribution in [-0.2, 0) is 22.7 Å². The Morgan fingerprint density at radius 1 is 0.500 bits per heavy atom. The van der Waals surface area contributed by atoms with Crippen LogP contribution in [0.2, 0.25) is 0 Å². The smallest absolute Gasteiger partial charge is 0.295 e. The van der Waals surface area contributed by atoms with E-state index in [4.69, 9.17) is 0 Å². The highest BCUT2D eigenvalue weighted by molar-refractivity contribution is 6.45. The molecule has 44 heavy (non-hydrogen) atoms. The van der Waals surface area contributed by atoms with Crippen molar-refractivity contribution in [3.63, 3.8) is 0 Å². The number of carbonyl (C=O) groups excluding carboxylic acids is 4. The van der Waals surface area contributed by atoms with E-state index in [1.807, 2.05) is 60.9 Å². The number of aromatic nitrogens is 2. The minimum atomic E-state index is -0.406. The molecule has 2 aromatic carbocycles. The molecule has 0 aliphatic carbocycles. The number of ketones is 2. The van der Waals surface area contributed by atoms with Crippen LogP contribution in [0.15, 0.2) is 60.9 Å². The number of piperidine rings is 2. The van der Waals surface area contributed by atoms with E-state index in [2.05, 4.69) is 9.13 Å². The first kappa shape index (κ1) is 29.9. The Hall–Kier alpha value is -4.20. The summed E-state index contributed by atoms with van der Waals surface area (Å²) >= 11 is 0. The number of fused-ring (bicyclic) bond motifs is 2. The summed E-state index contributed by atoms with van der Waals surface area (Å²) in [5.41, 5.74) is 2.97. The van der Waals surface area contributed by atoms with Gasteiger partial charge in [-0.15, -0.1) is 0 Å². The minimum Gasteiger partial charge on any atom is -0.347 e. The molecule has 4 aromatic rings. The third kappa shape index (κ3) is 6.21. The molecule has 0 unspecified atom stereocenters. The van der Waals surface area contributed by atoms with Gasteiger partial charge in [-0.05, 0) is 63.5 Å². The summed E-state index contributed by atoms with van der Waals surface area (Å²) in [5.74, 6) is -1.58. The number of benzene rings is 2. The van der Waals surface area contributed by atoms with Crippen molar-refractivity contribution in [1.82, 2.24) is 18.9 Å². The number of Topliss-reactive ketones (excluding diaryl/α,β-unsaturated/α-hetero) is 2. The molecule has 0 spiro atoms. The first-order chi connectivity index (χ1) is 21.5. The highest BCUT2D eigenvalue weighted by atomic mass is 16.2. The van der Waals surface area contributed by atoms with Crippen LogP contribution < -0.4 is 0 Å². The van der Waals surface area contributed by atoms with Gasteiger partial charge in [-0.3, -0.25) is 19.2 Å². The van der Waals surface area contributed by atoms with Gasteiger partial charge in [0, 0.05) is 73.5 Å². The molecule has 0 bridgehead atoms. The molecule has 0 N–H and O–H groups in total. The fourth-order valence-corrected chi connectivity index (χ4v) is 6.85. The van der Waals surface area contributed by atoms with E-state index in [0.717, 1.165) is 99.1 Å². The van der Waals surface area contributed by atoms with Gasteiger partial charge in [-0.2, -0.15) is 0 Å². The molecule has 0 atom stereocenters. The first-order valence-corrected chi connectivity index (χ1v) is 16.4. The SMILES string of the molecule is O=C(C(=O)N1CCCCC1)c1cn(CCCCCCn2cc(C(=O)C(=O)N3CCCCC3)c3ccccc32)c2ccccc12. The maximum atomic E-state index is 13.2. The molecule has 230 valence electrons. The molecule has 4 heterocycles. The van der Waals surface area contributed by atoms with Crippen molar-refractivity contribution >= 4 is 45.2 Å². The molecule has 6 rings (SSSR count). The van der Waals surface area contributed by atoms with Gasteiger partial charge >= 0.3 is 0 Å². The van der Waals surface area contributed by atoms with Crippen molar-refractivity contribution in [1.29, 1.82) is 0 Å². The fourth-order valence-electron chi connectivity index (χ4n) is 6.85. The zero-order valence-corrected chi connectivity index (χ0v) is 25.5. The number of amides is 2. The number of nitrogens with zero attached hydrogens (tertiary/aromatic N) is 4. The van der Waals surface area contributed by atoms with Crippen LogP contribution in [0.5, 0.6) is 0 Å². The Kier molecular flexibility index (Phi) is 9.24. The molecule has 2 fully saturated rings. The molecular formula is C36H42N4O4. The molecule has 2 aliphatic heterocycles. The topological polar surface area (TPSA) is 84.6 Å². The summed E-state index contributed by atoms with van der Waals surface area (Å²) in [6.45, 7) is 4.20. The van der Waals surface area contributed by atoms with Crippen molar-refractivity contribution in [3.05, 3.63) is 72.1 Å².